The number of urea groups is 1. The predicted molar refractivity (Wildman–Crippen MR) is 84.0 cm³/mol. The molecule has 4 rings (SSSR count). The maximum atomic E-state index is 12.5. The Hall–Kier alpha value is -2.18. The minimum absolute atomic E-state index is 0.0260. The monoisotopic (exact) mass is 315 g/mol. The van der Waals surface area contributed by atoms with Crippen molar-refractivity contribution in [1.82, 2.24) is 19.8 Å². The molecule has 3 fully saturated rings. The number of hydrogen-bond acceptors (Lipinski definition) is 5. The van der Waals surface area contributed by atoms with Crippen molar-refractivity contribution in [2.24, 2.45) is 0 Å². The molecule has 3 heterocycles. The van der Waals surface area contributed by atoms with Crippen LogP contribution in [0.25, 0.3) is 0 Å². The largest absolute Gasteiger partial charge is 0.341 e. The lowest BCUT2D eigenvalue weighted by Gasteiger charge is -2.36. The number of aromatic nitrogens is 2. The van der Waals surface area contributed by atoms with Crippen LogP contribution in [-0.4, -0.2) is 63.4 Å². The van der Waals surface area contributed by atoms with Crippen LogP contribution >= 0.6 is 0 Å². The van der Waals surface area contributed by atoms with Crippen LogP contribution in [0.2, 0.25) is 0 Å². The van der Waals surface area contributed by atoms with Crippen LogP contribution in [0.15, 0.2) is 12.3 Å². The number of piperidine rings is 1. The van der Waals surface area contributed by atoms with Crippen molar-refractivity contribution in [3.05, 3.63) is 18.0 Å². The molecule has 0 aromatic carbocycles. The van der Waals surface area contributed by atoms with E-state index in [2.05, 4.69) is 14.9 Å². The molecule has 0 atom stereocenters. The van der Waals surface area contributed by atoms with Gasteiger partial charge < -0.3 is 9.80 Å². The summed E-state index contributed by atoms with van der Waals surface area (Å²) in [4.78, 5) is 38.8. The highest BCUT2D eigenvalue weighted by Crippen LogP contribution is 2.32. The van der Waals surface area contributed by atoms with E-state index in [1.54, 1.807) is 11.1 Å². The Balaban J connectivity index is 1.40. The molecule has 0 radical (unpaired) electrons. The number of nitrogens with zero attached hydrogens (tertiary/aromatic N) is 5. The van der Waals surface area contributed by atoms with Gasteiger partial charge in [-0.2, -0.15) is 0 Å². The molecule has 1 aliphatic carbocycles. The van der Waals surface area contributed by atoms with Gasteiger partial charge in [0.2, 0.25) is 5.95 Å². The molecule has 1 aromatic rings. The second kappa shape index (κ2) is 5.47. The number of carbonyl (C=O) groups excluding carboxylic acids is 2. The number of imide groups is 1. The van der Waals surface area contributed by atoms with E-state index >= 15 is 0 Å². The minimum Gasteiger partial charge on any atom is -0.341 e. The van der Waals surface area contributed by atoms with Gasteiger partial charge in [-0.15, -0.1) is 0 Å². The Kier molecular flexibility index (Phi) is 3.43. The van der Waals surface area contributed by atoms with Crippen molar-refractivity contribution in [2.75, 3.05) is 24.5 Å². The summed E-state index contributed by atoms with van der Waals surface area (Å²) in [7, 11) is 0. The maximum Gasteiger partial charge on any atom is 0.327 e. The quantitative estimate of drug-likeness (QED) is 0.784. The van der Waals surface area contributed by atoms with Gasteiger partial charge >= 0.3 is 6.03 Å². The molecule has 1 aromatic heterocycles. The smallest absolute Gasteiger partial charge is 0.327 e. The summed E-state index contributed by atoms with van der Waals surface area (Å²) in [5.41, 5.74) is 0.956. The van der Waals surface area contributed by atoms with Gasteiger partial charge in [0.1, 0.15) is 6.54 Å². The lowest BCUT2D eigenvalue weighted by Crippen LogP contribution is -2.47. The fraction of sp³-hybridized carbons (Fsp3) is 0.625. The van der Waals surface area contributed by atoms with Gasteiger partial charge in [0, 0.05) is 37.1 Å². The van der Waals surface area contributed by atoms with Crippen molar-refractivity contribution >= 4 is 17.9 Å². The zero-order valence-corrected chi connectivity index (χ0v) is 13.3. The van der Waals surface area contributed by atoms with E-state index in [0.29, 0.717) is 0 Å². The summed E-state index contributed by atoms with van der Waals surface area (Å²) in [6.07, 6.45) is 5.42. The van der Waals surface area contributed by atoms with Gasteiger partial charge in [0.05, 0.1) is 0 Å². The summed E-state index contributed by atoms with van der Waals surface area (Å²) in [5.74, 6) is 0.730. The minimum atomic E-state index is -0.0808. The first-order valence-corrected chi connectivity index (χ1v) is 8.31. The van der Waals surface area contributed by atoms with Crippen molar-refractivity contribution in [1.29, 1.82) is 0 Å². The van der Waals surface area contributed by atoms with Crippen molar-refractivity contribution in [3.63, 3.8) is 0 Å². The molecular formula is C16H21N5O2. The Labute approximate surface area is 135 Å². The Bertz CT molecular complexity index is 637. The van der Waals surface area contributed by atoms with Crippen LogP contribution in [0.5, 0.6) is 0 Å². The second-order valence-electron chi connectivity index (χ2n) is 6.62. The molecule has 2 saturated heterocycles. The van der Waals surface area contributed by atoms with E-state index in [0.717, 1.165) is 50.4 Å². The predicted octanol–water partition coefficient (Wildman–Crippen LogP) is 1.18. The molecule has 3 amide bonds. The molecule has 0 bridgehead atoms. The van der Waals surface area contributed by atoms with Crippen LogP contribution in [0, 0.1) is 6.92 Å². The molecular weight excluding hydrogens is 294 g/mol. The lowest BCUT2D eigenvalue weighted by atomic mass is 10.0. The number of amides is 3. The van der Waals surface area contributed by atoms with Crippen LogP contribution in [0.4, 0.5) is 10.7 Å². The average Bonchev–Trinajstić information content (AvgIpc) is 3.33. The van der Waals surface area contributed by atoms with Crippen molar-refractivity contribution < 1.29 is 9.59 Å². The molecule has 7 heteroatoms. The molecule has 0 spiro atoms. The first kappa shape index (κ1) is 14.4. The first-order chi connectivity index (χ1) is 11.1. The van der Waals surface area contributed by atoms with E-state index < -0.39 is 0 Å². The topological polar surface area (TPSA) is 69.6 Å². The first-order valence-electron chi connectivity index (χ1n) is 8.31. The third-order valence-electron chi connectivity index (χ3n) is 4.91. The van der Waals surface area contributed by atoms with Crippen LogP contribution in [-0.2, 0) is 4.79 Å². The molecule has 0 unspecified atom stereocenters. The summed E-state index contributed by atoms with van der Waals surface area (Å²) in [6.45, 7) is 3.84. The standard InChI is InChI=1S/C16H21N5O2/c1-11-4-7-17-15(18-11)19-8-5-12(6-9-19)20-10-14(22)21(16(20)23)13-2-3-13/h4,7,12-13H,2-3,5-6,8-10H2,1H3. The highest BCUT2D eigenvalue weighted by Gasteiger charge is 2.47. The SMILES string of the molecule is Cc1ccnc(N2CCC(N3CC(=O)N(C4CC4)C3=O)CC2)n1. The summed E-state index contributed by atoms with van der Waals surface area (Å²) < 4.78 is 0. The lowest BCUT2D eigenvalue weighted by molar-refractivity contribution is -0.125. The van der Waals surface area contributed by atoms with E-state index in [9.17, 15) is 9.59 Å². The second-order valence-corrected chi connectivity index (χ2v) is 6.62. The third-order valence-corrected chi connectivity index (χ3v) is 4.91. The van der Waals surface area contributed by atoms with Gasteiger partial charge in [-0.25, -0.2) is 14.8 Å². The van der Waals surface area contributed by atoms with Crippen LogP contribution in [0.1, 0.15) is 31.4 Å². The van der Waals surface area contributed by atoms with Gasteiger partial charge in [0.25, 0.3) is 5.91 Å². The number of aryl methyl sites for hydroxylation is 1. The summed E-state index contributed by atoms with van der Waals surface area (Å²) >= 11 is 0. The highest BCUT2D eigenvalue weighted by molar-refractivity contribution is 6.02. The molecule has 23 heavy (non-hydrogen) atoms. The number of anilines is 1. The van der Waals surface area contributed by atoms with E-state index in [4.69, 9.17) is 0 Å². The Morgan fingerprint density at radius 3 is 2.48 bits per heavy atom. The molecule has 3 aliphatic rings. The third kappa shape index (κ3) is 2.64. The van der Waals surface area contributed by atoms with Gasteiger partial charge in [-0.3, -0.25) is 9.69 Å². The van der Waals surface area contributed by atoms with Crippen molar-refractivity contribution in [3.8, 4) is 0 Å². The number of hydrogen-bond donors (Lipinski definition) is 0. The fourth-order valence-corrected chi connectivity index (χ4v) is 3.48. The van der Waals surface area contributed by atoms with Crippen molar-refractivity contribution in [2.45, 2.75) is 44.7 Å². The van der Waals surface area contributed by atoms with E-state index in [1.807, 2.05) is 13.0 Å². The Morgan fingerprint density at radius 2 is 1.83 bits per heavy atom. The molecule has 122 valence electrons. The normalized spacial score (nSPS) is 23.1. The summed E-state index contributed by atoms with van der Waals surface area (Å²) in [6, 6.07) is 2.12. The van der Waals surface area contributed by atoms with Gasteiger partial charge in [-0.05, 0) is 38.7 Å². The summed E-state index contributed by atoms with van der Waals surface area (Å²) in [5, 5.41) is 0. The zero-order valence-electron chi connectivity index (χ0n) is 13.3. The molecule has 0 N–H and O–H groups in total. The fourth-order valence-electron chi connectivity index (χ4n) is 3.48. The van der Waals surface area contributed by atoms with Gasteiger partial charge in [0.15, 0.2) is 0 Å². The average molecular weight is 315 g/mol. The number of carbonyl (C=O) groups is 2. The van der Waals surface area contributed by atoms with Crippen LogP contribution in [0.3, 0.4) is 0 Å². The van der Waals surface area contributed by atoms with E-state index in [1.165, 1.54) is 4.90 Å². The highest BCUT2D eigenvalue weighted by atomic mass is 16.2. The molecule has 1 saturated carbocycles. The maximum absolute atomic E-state index is 12.5. The molecule has 2 aliphatic heterocycles. The van der Waals surface area contributed by atoms with Crippen LogP contribution < -0.4 is 4.90 Å². The zero-order chi connectivity index (χ0) is 16.0. The Morgan fingerprint density at radius 1 is 1.09 bits per heavy atom. The number of rotatable bonds is 3. The van der Waals surface area contributed by atoms with Gasteiger partial charge in [-0.1, -0.05) is 0 Å². The molecule has 7 nitrogen and oxygen atoms in total. The van der Waals surface area contributed by atoms with E-state index in [-0.39, 0.29) is 30.6 Å².